The number of aromatic nitrogens is 6. The molecule has 496 valence electrons. The van der Waals surface area contributed by atoms with Gasteiger partial charge in [-0.2, -0.15) is 0 Å². The molecule has 2 aromatic heterocycles. The van der Waals surface area contributed by atoms with Gasteiger partial charge < -0.3 is 85.3 Å². The van der Waals surface area contributed by atoms with Crippen molar-refractivity contribution in [2.24, 2.45) is 15.6 Å². The largest absolute Gasteiger partial charge is 0.463 e. The van der Waals surface area contributed by atoms with E-state index in [-0.39, 0.29) is 119 Å². The van der Waals surface area contributed by atoms with Gasteiger partial charge in [-0.25, -0.2) is 9.36 Å². The van der Waals surface area contributed by atoms with Crippen molar-refractivity contribution in [1.29, 1.82) is 0 Å². The summed E-state index contributed by atoms with van der Waals surface area (Å²) in [5, 5.41) is 23.7. The molecule has 38 nitrogen and oxygen atoms in total. The SMILES string of the molecule is CC(=O)OC[C@H]1O[C@H](OCCn2cc(COCC(COCCOCCN=[N+]=[N-])(COCCOCCN=[N+]=[N-])COCc3cn(CCO[C@H]4O[C@H](COC(C)=O)[C@@H](OC(C)=O)[C@H](OC(C)=O)[C@@H]4OC(C)=O)nn3)nn2)[C@@H](OC(C)=O)[C@@H](OC(C)=O)[C@@H]1OC(C)=O. The van der Waals surface area contributed by atoms with E-state index in [1.807, 2.05) is 0 Å². The summed E-state index contributed by atoms with van der Waals surface area (Å²) in [6, 6.07) is 0. The molecule has 2 aromatic rings. The number of hydrogen-bond acceptors (Lipinski definition) is 32. The van der Waals surface area contributed by atoms with Gasteiger partial charge in [-0.3, -0.25) is 38.4 Å². The highest BCUT2D eigenvalue weighted by atomic mass is 16.7. The molecule has 0 aromatic carbocycles. The molecule has 0 aliphatic carbocycles. The van der Waals surface area contributed by atoms with E-state index in [0.717, 1.165) is 55.4 Å². The molecule has 4 rings (SSSR count). The number of carbonyl (C=O) groups is 8. The van der Waals surface area contributed by atoms with Crippen LogP contribution in [0.5, 0.6) is 0 Å². The Kier molecular flexibility index (Phi) is 33.1. The van der Waals surface area contributed by atoms with Crippen LogP contribution in [0.2, 0.25) is 0 Å². The number of esters is 8. The van der Waals surface area contributed by atoms with Crippen LogP contribution >= 0.6 is 0 Å². The second-order valence-corrected chi connectivity index (χ2v) is 19.5. The number of azide groups is 2. The zero-order valence-corrected chi connectivity index (χ0v) is 50.6. The third-order valence-corrected chi connectivity index (χ3v) is 11.9. The van der Waals surface area contributed by atoms with Crippen LogP contribution in [0.25, 0.3) is 20.9 Å². The van der Waals surface area contributed by atoms with Gasteiger partial charge in [0.2, 0.25) is 0 Å². The molecule has 4 heterocycles. The van der Waals surface area contributed by atoms with Crippen LogP contribution in [0, 0.1) is 5.41 Å². The van der Waals surface area contributed by atoms with Crippen LogP contribution in [0.15, 0.2) is 22.6 Å². The minimum Gasteiger partial charge on any atom is -0.463 e. The summed E-state index contributed by atoms with van der Waals surface area (Å²) in [6.07, 6.45) is -10.7. The monoisotopic (exact) mass is 1270 g/mol. The highest BCUT2D eigenvalue weighted by Gasteiger charge is 2.54. The maximum atomic E-state index is 12.3. The highest BCUT2D eigenvalue weighted by molar-refractivity contribution is 5.70. The number of rotatable bonds is 42. The third kappa shape index (κ3) is 28.1. The van der Waals surface area contributed by atoms with Gasteiger partial charge in [0.15, 0.2) is 49.2 Å². The maximum Gasteiger partial charge on any atom is 0.303 e. The van der Waals surface area contributed by atoms with Gasteiger partial charge in [-0.15, -0.1) is 10.2 Å². The van der Waals surface area contributed by atoms with Crippen LogP contribution in [0.1, 0.15) is 66.8 Å². The molecule has 0 saturated carbocycles. The van der Waals surface area contributed by atoms with Crippen molar-refractivity contribution in [3.05, 3.63) is 44.7 Å². The minimum atomic E-state index is -1.44. The van der Waals surface area contributed by atoms with E-state index < -0.39 is 128 Å². The van der Waals surface area contributed by atoms with Crippen molar-refractivity contribution in [2.45, 2.75) is 143 Å². The third-order valence-electron chi connectivity index (χ3n) is 11.9. The van der Waals surface area contributed by atoms with Crippen LogP contribution < -0.4 is 0 Å². The van der Waals surface area contributed by atoms with Crippen molar-refractivity contribution in [1.82, 2.24) is 30.0 Å². The van der Waals surface area contributed by atoms with Gasteiger partial charge in [-0.05, 0) is 11.1 Å². The van der Waals surface area contributed by atoms with Gasteiger partial charge in [0, 0.05) is 78.3 Å². The molecule has 10 atom stereocenters. The van der Waals surface area contributed by atoms with Gasteiger partial charge in [0.1, 0.15) is 36.8 Å². The fraction of sp³-hybridized carbons (Fsp3) is 0.765. The first-order chi connectivity index (χ1) is 42.6. The normalized spacial score (nSPS) is 22.0. The fourth-order valence-corrected chi connectivity index (χ4v) is 8.51. The predicted molar refractivity (Wildman–Crippen MR) is 289 cm³/mol. The molecule has 0 radical (unpaired) electrons. The lowest BCUT2D eigenvalue weighted by Crippen LogP contribution is -2.63. The summed E-state index contributed by atoms with van der Waals surface area (Å²) in [5.74, 6) is -6.17. The van der Waals surface area contributed by atoms with Crippen molar-refractivity contribution in [3.63, 3.8) is 0 Å². The summed E-state index contributed by atoms with van der Waals surface area (Å²) in [5.41, 5.74) is 16.9. The van der Waals surface area contributed by atoms with Crippen LogP contribution in [0.3, 0.4) is 0 Å². The van der Waals surface area contributed by atoms with E-state index >= 15 is 0 Å². The first-order valence-corrected chi connectivity index (χ1v) is 27.7. The Labute approximate surface area is 509 Å². The first kappa shape index (κ1) is 73.7. The number of ether oxygens (including phenoxy) is 18. The molecule has 89 heavy (non-hydrogen) atoms. The Morgan fingerprint density at radius 2 is 0.798 bits per heavy atom. The maximum absolute atomic E-state index is 12.3. The average Bonchev–Trinajstić information content (AvgIpc) is 1.92. The smallest absolute Gasteiger partial charge is 0.303 e. The Bertz CT molecular complexity index is 2490. The van der Waals surface area contributed by atoms with E-state index in [4.69, 9.17) is 96.3 Å². The van der Waals surface area contributed by atoms with E-state index in [0.29, 0.717) is 11.4 Å². The molecule has 0 bridgehead atoms. The Balaban J connectivity index is 1.48. The Morgan fingerprint density at radius 3 is 1.15 bits per heavy atom. The molecule has 2 aliphatic rings. The topological polar surface area (TPSA) is 462 Å². The van der Waals surface area contributed by atoms with Gasteiger partial charge in [0.25, 0.3) is 0 Å². The van der Waals surface area contributed by atoms with Gasteiger partial charge in [0.05, 0.1) is 123 Å². The zero-order valence-electron chi connectivity index (χ0n) is 50.6. The van der Waals surface area contributed by atoms with Crippen molar-refractivity contribution in [3.8, 4) is 0 Å². The van der Waals surface area contributed by atoms with Crippen LogP contribution in [-0.2, 0) is 150 Å². The molecule has 0 N–H and O–H groups in total. The number of carbonyl (C=O) groups excluding carboxylic acids is 8. The number of nitrogens with zero attached hydrogens (tertiary/aromatic N) is 12. The minimum absolute atomic E-state index is 0.0169. The summed E-state index contributed by atoms with van der Waals surface area (Å²) < 4.78 is 106. The summed E-state index contributed by atoms with van der Waals surface area (Å²) >= 11 is 0. The molecule has 38 heteroatoms. The van der Waals surface area contributed by atoms with Crippen molar-refractivity contribution in [2.75, 3.05) is 106 Å². The molecule has 0 spiro atoms. The summed E-state index contributed by atoms with van der Waals surface area (Å²) in [7, 11) is 0. The quantitative estimate of drug-likeness (QED) is 0.0218. The zero-order chi connectivity index (χ0) is 65.1. The van der Waals surface area contributed by atoms with Crippen LogP contribution in [0.4, 0.5) is 0 Å². The van der Waals surface area contributed by atoms with E-state index in [9.17, 15) is 38.4 Å². The molecule has 2 fully saturated rings. The second-order valence-electron chi connectivity index (χ2n) is 19.5. The lowest BCUT2D eigenvalue weighted by molar-refractivity contribution is -0.308. The standard InChI is InChI=1S/C51H76N12O26/c1-31(64)80-25-41-43(82-33(3)66)45(84-35(5)68)47(86-37(7)70)49(88-41)78-15-11-62-21-39(56-60-62)23-76-29-51(27-74-19-17-72-13-9-54-58-52,28-75-20-18-73-14-10-55-59-53)30-77-24-40-22-63(61-57-40)12-16-79-50-48(87-38(8)71)46(85-36(6)69)44(83-34(4)67)42(89-50)26-81-32(2)65/h21-22,41-50H,9-20,23-30H2,1-8H3/t41-,42-,43-,44-,45+,46+,47+,48+,49+,50+/m1/s1. The summed E-state index contributed by atoms with van der Waals surface area (Å²) in [6.45, 7) is 8.42. The van der Waals surface area contributed by atoms with E-state index in [1.54, 1.807) is 12.4 Å². The van der Waals surface area contributed by atoms with Gasteiger partial charge >= 0.3 is 47.8 Å². The van der Waals surface area contributed by atoms with Crippen molar-refractivity contribution >= 4 is 47.8 Å². The second kappa shape index (κ2) is 40.0. The Morgan fingerprint density at radius 1 is 0.461 bits per heavy atom. The lowest BCUT2D eigenvalue weighted by atomic mass is 9.92. The van der Waals surface area contributed by atoms with Crippen LogP contribution in [-0.4, -0.2) is 245 Å². The molecule has 0 unspecified atom stereocenters. The number of hydrogen-bond donors (Lipinski definition) is 0. The first-order valence-electron chi connectivity index (χ1n) is 27.7. The van der Waals surface area contributed by atoms with Crippen molar-refractivity contribution < 1.29 is 124 Å². The summed E-state index contributed by atoms with van der Waals surface area (Å²) in [4.78, 5) is 102. The molecule has 2 aliphatic heterocycles. The molecular formula is C51H76N12O26. The molecule has 0 amide bonds. The van der Waals surface area contributed by atoms with E-state index in [2.05, 4.69) is 40.7 Å². The predicted octanol–water partition coefficient (Wildman–Crippen LogP) is 0.476. The highest BCUT2D eigenvalue weighted by Crippen LogP contribution is 2.32. The fourth-order valence-electron chi connectivity index (χ4n) is 8.51. The van der Waals surface area contributed by atoms with Gasteiger partial charge in [-0.1, -0.05) is 20.7 Å². The molecule has 2 saturated heterocycles. The lowest BCUT2D eigenvalue weighted by Gasteiger charge is -2.44. The van der Waals surface area contributed by atoms with E-state index in [1.165, 1.54) is 9.36 Å². The molecular weight excluding hydrogens is 1200 g/mol. The Hall–Kier alpha value is -7.74. The average molecular weight is 1270 g/mol.